The van der Waals surface area contributed by atoms with E-state index in [0.29, 0.717) is 0 Å². The van der Waals surface area contributed by atoms with Crippen molar-refractivity contribution in [2.75, 3.05) is 39.7 Å². The molecule has 0 N–H and O–H groups in total. The topological polar surface area (TPSA) is 46.6 Å². The number of rotatable bonds is 0. The standard InChI is InChI=1S/C5H10N2O.C2H6OS/c1-6-3-4-7(2)5(6)8;1-4(2)3/h3-4H2,1-2H3;1-2H3. The zero-order valence-corrected chi connectivity index (χ0v) is 8.85. The highest BCUT2D eigenvalue weighted by molar-refractivity contribution is 7.89. The fourth-order valence-electron chi connectivity index (χ4n) is 0.783. The van der Waals surface area contributed by atoms with Gasteiger partial charge in [-0.3, -0.25) is 0 Å². The molecular formula is C7H16N2O2S. The van der Waals surface area contributed by atoms with Crippen molar-refractivity contribution in [3.63, 3.8) is 0 Å². The van der Waals surface area contributed by atoms with Gasteiger partial charge in [-0.1, -0.05) is 11.2 Å². The molecule has 72 valence electrons. The summed E-state index contributed by atoms with van der Waals surface area (Å²) in [6, 6.07) is 0.130. The molecule has 1 rings (SSSR count). The third kappa shape index (κ3) is 4.46. The van der Waals surface area contributed by atoms with E-state index in [-0.39, 0.29) is 6.03 Å². The molecule has 5 heteroatoms. The molecule has 0 aliphatic carbocycles. The van der Waals surface area contributed by atoms with Gasteiger partial charge in [0.15, 0.2) is 0 Å². The zero-order valence-electron chi connectivity index (χ0n) is 8.03. The molecule has 0 bridgehead atoms. The van der Waals surface area contributed by atoms with Crippen LogP contribution in [0.4, 0.5) is 4.79 Å². The van der Waals surface area contributed by atoms with Crippen LogP contribution in [-0.2, 0) is 11.2 Å². The van der Waals surface area contributed by atoms with Gasteiger partial charge < -0.3 is 14.4 Å². The molecule has 0 unspecified atom stereocenters. The lowest BCUT2D eigenvalue weighted by molar-refractivity contribution is 0.205. The van der Waals surface area contributed by atoms with Crippen LogP contribution in [0.2, 0.25) is 0 Å². The minimum atomic E-state index is -0.611. The summed E-state index contributed by atoms with van der Waals surface area (Å²) in [6.45, 7) is 1.74. The van der Waals surface area contributed by atoms with Crippen molar-refractivity contribution in [3.8, 4) is 0 Å². The molecule has 4 nitrogen and oxygen atoms in total. The molecule has 0 aromatic rings. The van der Waals surface area contributed by atoms with Crippen LogP contribution in [0.15, 0.2) is 0 Å². The largest absolute Gasteiger partial charge is 0.617 e. The van der Waals surface area contributed by atoms with Crippen molar-refractivity contribution < 1.29 is 9.35 Å². The third-order valence-corrected chi connectivity index (χ3v) is 1.42. The van der Waals surface area contributed by atoms with E-state index >= 15 is 0 Å². The number of carbonyl (C=O) groups is 1. The second-order valence-corrected chi connectivity index (χ2v) is 4.35. The molecule has 0 saturated carbocycles. The van der Waals surface area contributed by atoms with E-state index in [1.165, 1.54) is 0 Å². The molecule has 0 aromatic carbocycles. The first kappa shape index (κ1) is 11.6. The van der Waals surface area contributed by atoms with Gasteiger partial charge in [0.2, 0.25) is 0 Å². The lowest BCUT2D eigenvalue weighted by Crippen LogP contribution is -2.25. The summed E-state index contributed by atoms with van der Waals surface area (Å²) in [5, 5.41) is 0. The number of urea groups is 1. The summed E-state index contributed by atoms with van der Waals surface area (Å²) in [5.74, 6) is 0. The first-order valence-electron chi connectivity index (χ1n) is 3.66. The van der Waals surface area contributed by atoms with Gasteiger partial charge in [-0.2, -0.15) is 0 Å². The lowest BCUT2D eigenvalue weighted by atomic mass is 10.6. The Labute approximate surface area is 76.7 Å². The number of hydrogen-bond acceptors (Lipinski definition) is 2. The summed E-state index contributed by atoms with van der Waals surface area (Å²) < 4.78 is 9.56. The van der Waals surface area contributed by atoms with E-state index in [4.69, 9.17) is 0 Å². The minimum absolute atomic E-state index is 0.130. The number of carbonyl (C=O) groups excluding carboxylic acids is 1. The Hall–Kier alpha value is -0.420. The van der Waals surface area contributed by atoms with E-state index in [1.54, 1.807) is 22.3 Å². The Morgan fingerprint density at radius 2 is 1.50 bits per heavy atom. The zero-order chi connectivity index (χ0) is 9.72. The van der Waals surface area contributed by atoms with Crippen LogP contribution in [0.1, 0.15) is 0 Å². The molecule has 1 saturated heterocycles. The number of nitrogens with zero attached hydrogens (tertiary/aromatic N) is 2. The van der Waals surface area contributed by atoms with Crippen LogP contribution in [0.5, 0.6) is 0 Å². The van der Waals surface area contributed by atoms with Gasteiger partial charge in [0.1, 0.15) is 0 Å². The maximum absolute atomic E-state index is 10.8. The Kier molecular flexibility index (Phi) is 5.08. The van der Waals surface area contributed by atoms with E-state index in [2.05, 4.69) is 0 Å². The van der Waals surface area contributed by atoms with E-state index < -0.39 is 11.2 Å². The highest BCUT2D eigenvalue weighted by Crippen LogP contribution is 2.00. The Morgan fingerprint density at radius 3 is 1.58 bits per heavy atom. The minimum Gasteiger partial charge on any atom is -0.617 e. The van der Waals surface area contributed by atoms with Crippen LogP contribution < -0.4 is 0 Å². The molecule has 1 fully saturated rings. The van der Waals surface area contributed by atoms with Crippen molar-refractivity contribution in [3.05, 3.63) is 0 Å². The van der Waals surface area contributed by atoms with E-state index in [0.717, 1.165) is 13.1 Å². The van der Waals surface area contributed by atoms with Crippen molar-refractivity contribution in [1.29, 1.82) is 0 Å². The van der Waals surface area contributed by atoms with Gasteiger partial charge in [0.05, 0.1) is 12.5 Å². The van der Waals surface area contributed by atoms with Gasteiger partial charge in [0.25, 0.3) is 0 Å². The highest BCUT2D eigenvalue weighted by Gasteiger charge is 2.20. The van der Waals surface area contributed by atoms with Gasteiger partial charge in [0, 0.05) is 27.2 Å². The van der Waals surface area contributed by atoms with Gasteiger partial charge in [-0.15, -0.1) is 0 Å². The first-order chi connectivity index (χ1) is 5.45. The van der Waals surface area contributed by atoms with Crippen molar-refractivity contribution in [1.82, 2.24) is 9.80 Å². The number of hydrogen-bond donors (Lipinski definition) is 0. The second kappa shape index (κ2) is 5.27. The number of amides is 2. The molecule has 0 spiro atoms. The summed E-state index contributed by atoms with van der Waals surface area (Å²) in [5.41, 5.74) is 0. The highest BCUT2D eigenvalue weighted by atomic mass is 32.2. The van der Waals surface area contributed by atoms with Crippen LogP contribution in [0.3, 0.4) is 0 Å². The molecule has 1 heterocycles. The maximum atomic E-state index is 10.8. The Bertz CT molecular complexity index is 138. The van der Waals surface area contributed by atoms with Crippen LogP contribution >= 0.6 is 0 Å². The summed E-state index contributed by atoms with van der Waals surface area (Å²) in [7, 11) is 3.62. The van der Waals surface area contributed by atoms with Crippen LogP contribution in [-0.4, -0.2) is 60.1 Å². The molecule has 1 aliphatic rings. The fraction of sp³-hybridized carbons (Fsp3) is 0.857. The van der Waals surface area contributed by atoms with Crippen LogP contribution in [0.25, 0.3) is 0 Å². The summed E-state index contributed by atoms with van der Waals surface area (Å²) in [6.07, 6.45) is 3.28. The smallest absolute Gasteiger partial charge is 0.319 e. The van der Waals surface area contributed by atoms with E-state index in [1.807, 2.05) is 14.1 Å². The molecule has 1 aliphatic heterocycles. The molecule has 0 atom stereocenters. The second-order valence-electron chi connectivity index (χ2n) is 2.87. The first-order valence-corrected chi connectivity index (χ1v) is 5.63. The molecule has 0 aromatic heterocycles. The predicted octanol–water partition coefficient (Wildman–Crippen LogP) is -0.0217. The van der Waals surface area contributed by atoms with Gasteiger partial charge in [-0.25, -0.2) is 4.79 Å². The van der Waals surface area contributed by atoms with Gasteiger partial charge >= 0.3 is 6.03 Å². The number of likely N-dealkylation sites (N-methyl/N-ethyl adjacent to an activating group) is 2. The van der Waals surface area contributed by atoms with Gasteiger partial charge in [-0.05, 0) is 0 Å². The summed E-state index contributed by atoms with van der Waals surface area (Å²) in [4.78, 5) is 14.2. The lowest BCUT2D eigenvalue weighted by Gasteiger charge is -2.07. The molecular weight excluding hydrogens is 176 g/mol. The van der Waals surface area contributed by atoms with Crippen LogP contribution in [0, 0.1) is 0 Å². The van der Waals surface area contributed by atoms with Crippen molar-refractivity contribution in [2.24, 2.45) is 0 Å². The molecule has 12 heavy (non-hydrogen) atoms. The normalized spacial score (nSPS) is 16.7. The van der Waals surface area contributed by atoms with E-state index in [9.17, 15) is 9.35 Å². The predicted molar refractivity (Wildman–Crippen MR) is 50.6 cm³/mol. The Balaban J connectivity index is 0.000000261. The molecule has 0 radical (unpaired) electrons. The van der Waals surface area contributed by atoms with Crippen molar-refractivity contribution in [2.45, 2.75) is 0 Å². The van der Waals surface area contributed by atoms with Crippen molar-refractivity contribution >= 4 is 17.2 Å². The maximum Gasteiger partial charge on any atom is 0.319 e. The molecule has 2 amide bonds. The SMILES string of the molecule is CN1CCN(C)C1=O.C[S+](C)[O-]. The summed E-state index contributed by atoms with van der Waals surface area (Å²) >= 11 is -0.611. The average Bonchev–Trinajstić information content (AvgIpc) is 2.19. The quantitative estimate of drug-likeness (QED) is 0.506. The monoisotopic (exact) mass is 192 g/mol. The Morgan fingerprint density at radius 1 is 1.25 bits per heavy atom. The third-order valence-electron chi connectivity index (χ3n) is 1.42. The fourth-order valence-corrected chi connectivity index (χ4v) is 0.783. The average molecular weight is 192 g/mol.